The standard InChI is InChI=1S/C31H29.C15H8F6.C11H17.2ClH.Zr/c1-18-11-20(3)30(21(4)12-18)24-7-9-28-26(15-24)17-27-16-25(8-10-29(27)28)31-22(5)13-19(2)14-23(31)6;16-14(17,18)12-5-1-3-10(8-12)7-11-4-2-6-13(9-11)15(19,20)21;1-5-9-6-7-10(8-9)11(2,3)4;;;/h7-17H,1-6H3;1-6,8-9H;7-9H,5H2,1-4H3;2*1H;/q;;;;;+2/p-2. The van der Waals surface area contributed by atoms with Crippen LogP contribution in [-0.4, -0.2) is 3.21 Å². The van der Waals surface area contributed by atoms with Gasteiger partial charge < -0.3 is 24.8 Å². The van der Waals surface area contributed by atoms with Crippen LogP contribution in [0.25, 0.3) is 33.4 Å². The monoisotopic (exact) mass is 1010 g/mol. The predicted octanol–water partition coefficient (Wildman–Crippen LogP) is 10.8. The third-order valence-electron chi connectivity index (χ3n) is 13.2. The Balaban J connectivity index is 0.00000360. The first-order valence-electron chi connectivity index (χ1n) is 22.0. The van der Waals surface area contributed by atoms with Gasteiger partial charge in [0.15, 0.2) is 0 Å². The van der Waals surface area contributed by atoms with E-state index in [1.807, 2.05) is 0 Å². The molecule has 0 bridgehead atoms. The number of halogens is 8. The summed E-state index contributed by atoms with van der Waals surface area (Å²) in [6, 6.07) is 32.7. The van der Waals surface area contributed by atoms with Crippen LogP contribution in [0.2, 0.25) is 0 Å². The molecule has 9 heteroatoms. The van der Waals surface area contributed by atoms with Crippen LogP contribution in [0.1, 0.15) is 105 Å². The van der Waals surface area contributed by atoms with Crippen molar-refractivity contribution in [2.45, 2.75) is 91.6 Å². The number of hydrogen-bond donors (Lipinski definition) is 0. The molecule has 0 radical (unpaired) electrons. The van der Waals surface area contributed by atoms with Gasteiger partial charge in [-0.3, -0.25) is 0 Å². The molecule has 0 saturated carbocycles. The maximum atomic E-state index is 14.8. The fourth-order valence-corrected chi connectivity index (χ4v) is 20.2. The second-order valence-electron chi connectivity index (χ2n) is 19.0. The van der Waals surface area contributed by atoms with Gasteiger partial charge in [0.2, 0.25) is 0 Å². The molecule has 0 N–H and O–H groups in total. The second-order valence-corrected chi connectivity index (χ2v) is 25.1. The van der Waals surface area contributed by atoms with Crippen LogP contribution in [0.3, 0.4) is 0 Å². The summed E-state index contributed by atoms with van der Waals surface area (Å²) >= 11 is -3.99. The van der Waals surface area contributed by atoms with Crippen molar-refractivity contribution in [2.24, 2.45) is 11.3 Å². The maximum absolute atomic E-state index is 14.8. The van der Waals surface area contributed by atoms with Crippen molar-refractivity contribution < 1.29 is 72.4 Å². The van der Waals surface area contributed by atoms with Crippen LogP contribution in [0.4, 0.5) is 26.3 Å². The first-order chi connectivity index (χ1) is 30.0. The molecule has 2 aliphatic carbocycles. The molecule has 0 aromatic heterocycles. The zero-order chi connectivity index (χ0) is 46.2. The molecule has 0 aliphatic heterocycles. The fourth-order valence-electron chi connectivity index (χ4n) is 10.5. The van der Waals surface area contributed by atoms with Crippen LogP contribution >= 0.6 is 0 Å². The quantitative estimate of drug-likeness (QED) is 0.140. The third-order valence-corrected chi connectivity index (χ3v) is 21.7. The molecule has 6 aromatic rings. The fraction of sp³-hybridized carbons (Fsp3) is 0.281. The SMILES string of the molecule is CCC1C=C(C(C)(C)C)C=[C]1[Zr+2](=[C](c1cccc(C(F)(F)F)c1)c1cccc(C(F)(F)F)c1)[CH]1c2cc(-c3c(C)cc(C)cc3C)ccc2-c2ccc(-c3c(C)cc(C)cc3C)cc21.[Cl-].[Cl-]. The molecule has 0 nitrogen and oxygen atoms in total. The van der Waals surface area contributed by atoms with E-state index in [1.54, 1.807) is 12.1 Å². The Morgan fingerprint density at radius 3 is 1.32 bits per heavy atom. The Bertz CT molecular complexity index is 2750. The Kier molecular flexibility index (Phi) is 14.7. The molecule has 1 unspecified atom stereocenters. The average molecular weight is 1020 g/mol. The van der Waals surface area contributed by atoms with Crippen molar-refractivity contribution >= 4 is 3.21 Å². The van der Waals surface area contributed by atoms with Crippen LogP contribution < -0.4 is 24.8 Å². The second kappa shape index (κ2) is 19.0. The summed E-state index contributed by atoms with van der Waals surface area (Å²) in [5.74, 6) is -0.0442. The number of fused-ring (bicyclic) bond motifs is 3. The summed E-state index contributed by atoms with van der Waals surface area (Å²) in [6.07, 6.45) is -3.99. The summed E-state index contributed by atoms with van der Waals surface area (Å²) in [6.45, 7) is 21.3. The average Bonchev–Trinajstić information content (AvgIpc) is 3.78. The maximum Gasteiger partial charge on any atom is -1.00 e. The van der Waals surface area contributed by atoms with E-state index in [2.05, 4.69) is 142 Å². The van der Waals surface area contributed by atoms with Gasteiger partial charge in [0, 0.05) is 0 Å². The van der Waals surface area contributed by atoms with Crippen molar-refractivity contribution in [2.75, 3.05) is 0 Å². The number of allylic oxidation sites excluding steroid dienone is 4. The molecular weight excluding hydrogens is 961 g/mol. The molecular formula is C57H54Cl2F6Zr. The van der Waals surface area contributed by atoms with Gasteiger partial charge in [-0.1, -0.05) is 0 Å². The molecule has 8 rings (SSSR count). The number of hydrogen-bond acceptors (Lipinski definition) is 0. The summed E-state index contributed by atoms with van der Waals surface area (Å²) in [5.41, 5.74) is 15.4. The number of benzene rings is 6. The minimum atomic E-state index is -4.66. The van der Waals surface area contributed by atoms with Crippen molar-refractivity contribution in [3.63, 3.8) is 0 Å². The first-order valence-corrected chi connectivity index (χ1v) is 25.9. The van der Waals surface area contributed by atoms with E-state index in [0.29, 0.717) is 14.3 Å². The Hall–Kier alpha value is -4.29. The normalized spacial score (nSPS) is 14.6. The van der Waals surface area contributed by atoms with E-state index in [-0.39, 0.29) is 39.8 Å². The Labute approximate surface area is 406 Å². The van der Waals surface area contributed by atoms with Gasteiger partial charge in [0.1, 0.15) is 0 Å². The van der Waals surface area contributed by atoms with Gasteiger partial charge in [-0.25, -0.2) is 0 Å². The van der Waals surface area contributed by atoms with Gasteiger partial charge in [-0.2, -0.15) is 0 Å². The summed E-state index contributed by atoms with van der Waals surface area (Å²) in [7, 11) is 0. The molecule has 0 spiro atoms. The zero-order valence-electron chi connectivity index (χ0n) is 38.9. The van der Waals surface area contributed by atoms with Crippen molar-refractivity contribution in [1.29, 1.82) is 0 Å². The predicted molar refractivity (Wildman–Crippen MR) is 249 cm³/mol. The molecule has 2 aliphatic rings. The molecule has 0 heterocycles. The van der Waals surface area contributed by atoms with E-state index in [1.165, 1.54) is 27.5 Å². The largest absolute Gasteiger partial charge is 1.00 e. The van der Waals surface area contributed by atoms with Crippen molar-refractivity contribution in [1.82, 2.24) is 0 Å². The van der Waals surface area contributed by atoms with Crippen LogP contribution in [-0.2, 0) is 33.6 Å². The first kappa shape index (κ1) is 51.1. The summed E-state index contributed by atoms with van der Waals surface area (Å²) in [4.78, 5) is 0. The Morgan fingerprint density at radius 2 is 0.955 bits per heavy atom. The van der Waals surface area contributed by atoms with Gasteiger partial charge in [-0.15, -0.1) is 0 Å². The van der Waals surface area contributed by atoms with Gasteiger partial charge >= 0.3 is 384 Å². The van der Waals surface area contributed by atoms with E-state index in [0.717, 1.165) is 102 Å². The molecule has 0 fully saturated rings. The number of rotatable bonds is 7. The molecule has 66 heavy (non-hydrogen) atoms. The minimum absolute atomic E-state index is 0. The van der Waals surface area contributed by atoms with Gasteiger partial charge in [0.05, 0.1) is 0 Å². The van der Waals surface area contributed by atoms with Crippen molar-refractivity contribution in [3.05, 3.63) is 197 Å². The minimum Gasteiger partial charge on any atom is -1.00 e. The molecule has 342 valence electrons. The van der Waals surface area contributed by atoms with Gasteiger partial charge in [-0.05, 0) is 0 Å². The van der Waals surface area contributed by atoms with Crippen LogP contribution in [0.5, 0.6) is 0 Å². The smallest absolute Gasteiger partial charge is 1.00 e. The van der Waals surface area contributed by atoms with E-state index in [9.17, 15) is 26.3 Å². The summed E-state index contributed by atoms with van der Waals surface area (Å²) in [5, 5.41) is 0. The van der Waals surface area contributed by atoms with Crippen LogP contribution in [0.15, 0.2) is 130 Å². The zero-order valence-corrected chi connectivity index (χ0v) is 42.9. The van der Waals surface area contributed by atoms with E-state index >= 15 is 0 Å². The van der Waals surface area contributed by atoms with Crippen LogP contribution in [0, 0.1) is 52.9 Å². The van der Waals surface area contributed by atoms with E-state index < -0.39 is 44.7 Å². The molecule has 0 amide bonds. The van der Waals surface area contributed by atoms with Gasteiger partial charge in [0.25, 0.3) is 0 Å². The Morgan fingerprint density at radius 1 is 0.545 bits per heavy atom. The molecule has 0 saturated heterocycles. The van der Waals surface area contributed by atoms with E-state index in [4.69, 9.17) is 0 Å². The molecule has 6 aromatic carbocycles. The topological polar surface area (TPSA) is 0 Å². The summed E-state index contributed by atoms with van der Waals surface area (Å²) < 4.78 is 90.2. The number of alkyl halides is 6. The molecule has 1 atom stereocenters. The third kappa shape index (κ3) is 9.69. The van der Waals surface area contributed by atoms with Crippen molar-refractivity contribution in [3.8, 4) is 33.4 Å². The number of aryl methyl sites for hydroxylation is 6.